The third-order valence-electron chi connectivity index (χ3n) is 2.51. The molecule has 1 aliphatic rings. The topological polar surface area (TPSA) is 18.8 Å². The summed E-state index contributed by atoms with van der Waals surface area (Å²) in [6, 6.07) is 10.7. The van der Waals surface area contributed by atoms with E-state index in [1.807, 2.05) is 24.3 Å². The molecule has 1 heterocycles. The monoisotopic (exact) mass is 290 g/mol. The largest absolute Gasteiger partial charge is 0.460 e. The van der Waals surface area contributed by atoms with Crippen LogP contribution in [0.4, 0.5) is 5.69 Å². The minimum absolute atomic E-state index is 0. The zero-order valence-electron chi connectivity index (χ0n) is 9.56. The number of aliphatic imine (C=N–C) groups is 1. The standard InChI is InChI=1S/C12H15N3.Y/c1-14-7-9-15(10-8-14)11-13-12-5-3-2-4-6-12;/h2-5H,7-10H2,1H3;/q-2;. The molecule has 83 valence electrons. The van der Waals surface area contributed by atoms with Crippen LogP contribution in [0, 0.1) is 6.07 Å². The van der Waals surface area contributed by atoms with Crippen LogP contribution in [0.2, 0.25) is 0 Å². The first-order chi connectivity index (χ1) is 7.34. The van der Waals surface area contributed by atoms with Crippen molar-refractivity contribution < 1.29 is 32.7 Å². The summed E-state index contributed by atoms with van der Waals surface area (Å²) < 4.78 is 0. The van der Waals surface area contributed by atoms with E-state index in [-0.39, 0.29) is 32.7 Å². The Hall–Kier alpha value is -0.246. The minimum Gasteiger partial charge on any atom is -0.460 e. The molecule has 1 aliphatic heterocycles. The van der Waals surface area contributed by atoms with Crippen molar-refractivity contribution in [3.8, 4) is 0 Å². The van der Waals surface area contributed by atoms with E-state index in [0.717, 1.165) is 31.9 Å². The van der Waals surface area contributed by atoms with Crippen LogP contribution in [-0.4, -0.2) is 49.4 Å². The number of nitrogens with zero attached hydrogens (tertiary/aromatic N) is 3. The molecule has 1 fully saturated rings. The second-order valence-electron chi connectivity index (χ2n) is 3.75. The van der Waals surface area contributed by atoms with E-state index in [2.05, 4.69) is 34.2 Å². The van der Waals surface area contributed by atoms with Crippen LogP contribution in [0.25, 0.3) is 0 Å². The Morgan fingerprint density at radius 1 is 1.25 bits per heavy atom. The average Bonchev–Trinajstić information content (AvgIpc) is 2.30. The van der Waals surface area contributed by atoms with Gasteiger partial charge in [0.2, 0.25) is 0 Å². The van der Waals surface area contributed by atoms with Gasteiger partial charge in [0, 0.05) is 58.9 Å². The first-order valence-electron chi connectivity index (χ1n) is 5.21. The molecule has 0 bridgehead atoms. The van der Waals surface area contributed by atoms with Crippen LogP contribution in [0.5, 0.6) is 0 Å². The van der Waals surface area contributed by atoms with Gasteiger partial charge in [-0.25, -0.2) is 11.8 Å². The molecule has 0 spiro atoms. The number of likely N-dealkylation sites (N-methyl/N-ethyl adjacent to an activating group) is 1. The SMILES string of the molecule is CN1CCN([C-]=Nc2[c-]cccc2)CC1.[Y]. The average molecular weight is 290 g/mol. The molecule has 0 amide bonds. The number of piperazine rings is 1. The van der Waals surface area contributed by atoms with Crippen LogP contribution in [-0.2, 0) is 32.7 Å². The molecule has 0 atom stereocenters. The molecule has 16 heavy (non-hydrogen) atoms. The quantitative estimate of drug-likeness (QED) is 0.464. The Morgan fingerprint density at radius 3 is 2.62 bits per heavy atom. The van der Waals surface area contributed by atoms with E-state index >= 15 is 0 Å². The Bertz CT molecular complexity index is 318. The van der Waals surface area contributed by atoms with Gasteiger partial charge in [-0.15, -0.1) is 0 Å². The molecule has 0 aliphatic carbocycles. The van der Waals surface area contributed by atoms with Crippen LogP contribution in [0.15, 0.2) is 29.3 Å². The van der Waals surface area contributed by atoms with Crippen molar-refractivity contribution in [2.24, 2.45) is 4.99 Å². The van der Waals surface area contributed by atoms with Crippen molar-refractivity contribution in [1.82, 2.24) is 9.80 Å². The fraction of sp³-hybridized carbons (Fsp3) is 0.417. The molecular formula is C12H15N3Y-2. The summed E-state index contributed by atoms with van der Waals surface area (Å²) in [6.07, 6.45) is 3.06. The summed E-state index contributed by atoms with van der Waals surface area (Å²) in [5, 5.41) is 0. The predicted octanol–water partition coefficient (Wildman–Crippen LogP) is 1.27. The molecule has 4 heteroatoms. The summed E-state index contributed by atoms with van der Waals surface area (Å²) in [6.45, 7) is 4.18. The van der Waals surface area contributed by atoms with Crippen molar-refractivity contribution in [2.45, 2.75) is 0 Å². The van der Waals surface area contributed by atoms with Crippen LogP contribution < -0.4 is 0 Å². The van der Waals surface area contributed by atoms with E-state index in [4.69, 9.17) is 0 Å². The van der Waals surface area contributed by atoms with Gasteiger partial charge in [-0.05, 0) is 7.05 Å². The maximum atomic E-state index is 4.26. The Balaban J connectivity index is 0.00000128. The maximum absolute atomic E-state index is 4.26. The van der Waals surface area contributed by atoms with E-state index in [1.54, 1.807) is 0 Å². The van der Waals surface area contributed by atoms with Crippen molar-refractivity contribution in [3.05, 3.63) is 30.3 Å². The van der Waals surface area contributed by atoms with Gasteiger partial charge in [0.25, 0.3) is 0 Å². The van der Waals surface area contributed by atoms with E-state index in [0.29, 0.717) is 0 Å². The molecule has 2 rings (SSSR count). The van der Waals surface area contributed by atoms with Crippen LogP contribution >= 0.6 is 0 Å². The van der Waals surface area contributed by atoms with Gasteiger partial charge in [0.05, 0.1) is 0 Å². The second kappa shape index (κ2) is 7.15. The van der Waals surface area contributed by atoms with Gasteiger partial charge in [-0.1, -0.05) is 6.34 Å². The van der Waals surface area contributed by atoms with E-state index < -0.39 is 0 Å². The molecule has 3 nitrogen and oxygen atoms in total. The first kappa shape index (κ1) is 13.8. The zero-order valence-corrected chi connectivity index (χ0v) is 12.4. The smallest absolute Gasteiger partial charge is 0.0141 e. The normalized spacial score (nSPS) is 17.4. The fourth-order valence-electron chi connectivity index (χ4n) is 1.48. The van der Waals surface area contributed by atoms with Crippen LogP contribution in [0.3, 0.4) is 0 Å². The Morgan fingerprint density at radius 2 is 2.00 bits per heavy atom. The summed E-state index contributed by atoms with van der Waals surface area (Å²) in [5.41, 5.74) is 0.844. The number of rotatable bonds is 2. The fourth-order valence-corrected chi connectivity index (χ4v) is 1.48. The summed E-state index contributed by atoms with van der Waals surface area (Å²) in [5.74, 6) is 0. The summed E-state index contributed by atoms with van der Waals surface area (Å²) >= 11 is 0. The van der Waals surface area contributed by atoms with Crippen molar-refractivity contribution in [3.63, 3.8) is 0 Å². The van der Waals surface area contributed by atoms with Gasteiger partial charge in [0.15, 0.2) is 0 Å². The van der Waals surface area contributed by atoms with Gasteiger partial charge >= 0.3 is 0 Å². The molecule has 0 N–H and O–H groups in total. The molecule has 0 saturated carbocycles. The summed E-state index contributed by atoms with van der Waals surface area (Å²) in [7, 11) is 2.14. The van der Waals surface area contributed by atoms with Crippen molar-refractivity contribution in [1.29, 1.82) is 0 Å². The molecule has 0 unspecified atom stereocenters. The second-order valence-corrected chi connectivity index (χ2v) is 3.75. The van der Waals surface area contributed by atoms with Gasteiger partial charge in [-0.3, -0.25) is 6.07 Å². The van der Waals surface area contributed by atoms with Gasteiger partial charge in [0.1, 0.15) is 0 Å². The maximum Gasteiger partial charge on any atom is 0.0141 e. The Labute approximate surface area is 122 Å². The number of hydrogen-bond donors (Lipinski definition) is 0. The van der Waals surface area contributed by atoms with Crippen molar-refractivity contribution in [2.75, 3.05) is 33.2 Å². The molecule has 1 radical (unpaired) electrons. The minimum atomic E-state index is 0. The molecule has 1 saturated heterocycles. The molecule has 1 aromatic carbocycles. The third kappa shape index (κ3) is 4.32. The predicted molar refractivity (Wildman–Crippen MR) is 61.4 cm³/mol. The molecule has 0 aromatic heterocycles. The van der Waals surface area contributed by atoms with Crippen LogP contribution in [0.1, 0.15) is 0 Å². The number of para-hydroxylation sites is 1. The van der Waals surface area contributed by atoms with E-state index in [1.165, 1.54) is 0 Å². The first-order valence-corrected chi connectivity index (χ1v) is 5.21. The molecular weight excluding hydrogens is 275 g/mol. The number of benzene rings is 1. The van der Waals surface area contributed by atoms with Gasteiger partial charge < -0.3 is 14.8 Å². The Kier molecular flexibility index (Phi) is 6.18. The van der Waals surface area contributed by atoms with Crippen molar-refractivity contribution >= 4 is 12.0 Å². The third-order valence-corrected chi connectivity index (χ3v) is 2.51. The zero-order chi connectivity index (χ0) is 10.5. The van der Waals surface area contributed by atoms with Gasteiger partial charge in [-0.2, -0.15) is 18.2 Å². The number of hydrogen-bond acceptors (Lipinski definition) is 2. The molecule has 1 aromatic rings. The van der Waals surface area contributed by atoms with E-state index in [9.17, 15) is 0 Å². The summed E-state index contributed by atoms with van der Waals surface area (Å²) in [4.78, 5) is 8.69.